The molecule has 1 rings (SSSR count). The van der Waals surface area contributed by atoms with Crippen LogP contribution in [0.3, 0.4) is 0 Å². The lowest BCUT2D eigenvalue weighted by atomic mass is 10.1. The molecule has 4 nitrogen and oxygen atoms in total. The summed E-state index contributed by atoms with van der Waals surface area (Å²) in [5.74, 6) is 1.21. The third-order valence-corrected chi connectivity index (χ3v) is 2.28. The normalized spacial score (nSPS) is 10.6. The molecular formula is C12H18N4. The molecule has 16 heavy (non-hydrogen) atoms. The van der Waals surface area contributed by atoms with Crippen LogP contribution in [0.2, 0.25) is 0 Å². The fourth-order valence-electron chi connectivity index (χ4n) is 1.56. The van der Waals surface area contributed by atoms with E-state index in [0.29, 0.717) is 23.3 Å². The Balaban J connectivity index is 3.06. The molecule has 0 spiro atoms. The number of nitrogens with zero attached hydrogens (tertiary/aromatic N) is 4. The molecule has 0 radical (unpaired) electrons. The second-order valence-corrected chi connectivity index (χ2v) is 4.52. The summed E-state index contributed by atoms with van der Waals surface area (Å²) in [6, 6.07) is 4.18. The van der Waals surface area contributed by atoms with E-state index in [0.717, 1.165) is 6.54 Å². The Morgan fingerprint density at radius 2 is 2.06 bits per heavy atom. The maximum atomic E-state index is 9.04. The maximum Gasteiger partial charge on any atom is 0.169 e. The van der Waals surface area contributed by atoms with Crippen molar-refractivity contribution in [1.29, 1.82) is 5.26 Å². The molecule has 1 heterocycles. The lowest BCUT2D eigenvalue weighted by Gasteiger charge is -2.29. The van der Waals surface area contributed by atoms with Gasteiger partial charge in [-0.15, -0.1) is 5.10 Å². The van der Waals surface area contributed by atoms with E-state index >= 15 is 0 Å². The van der Waals surface area contributed by atoms with E-state index in [1.165, 1.54) is 0 Å². The summed E-state index contributed by atoms with van der Waals surface area (Å²) in [5.41, 5.74) is 0.587. The van der Waals surface area contributed by atoms with Crippen molar-refractivity contribution < 1.29 is 0 Å². The van der Waals surface area contributed by atoms with Crippen molar-refractivity contribution in [2.75, 3.05) is 11.4 Å². The molecule has 4 heteroatoms. The zero-order chi connectivity index (χ0) is 12.1. The average molecular weight is 218 g/mol. The standard InChI is InChI=1S/C12H18N4/c1-9(2)8-16(10(3)4)12-11(7-13)5-6-14-15-12/h5-6,9-10H,8H2,1-4H3. The SMILES string of the molecule is CC(C)CN(c1nnccc1C#N)C(C)C. The van der Waals surface area contributed by atoms with Gasteiger partial charge in [0, 0.05) is 12.6 Å². The van der Waals surface area contributed by atoms with Crippen LogP contribution in [0, 0.1) is 17.2 Å². The first kappa shape index (κ1) is 12.4. The number of aromatic nitrogens is 2. The van der Waals surface area contributed by atoms with Crippen molar-refractivity contribution in [1.82, 2.24) is 10.2 Å². The highest BCUT2D eigenvalue weighted by Gasteiger charge is 2.17. The second-order valence-electron chi connectivity index (χ2n) is 4.52. The van der Waals surface area contributed by atoms with Gasteiger partial charge in [0.05, 0.1) is 11.8 Å². The molecule has 1 aromatic rings. The minimum Gasteiger partial charge on any atom is -0.351 e. The van der Waals surface area contributed by atoms with E-state index in [1.54, 1.807) is 12.3 Å². The van der Waals surface area contributed by atoms with Crippen LogP contribution in [0.1, 0.15) is 33.3 Å². The number of rotatable bonds is 4. The zero-order valence-electron chi connectivity index (χ0n) is 10.3. The molecule has 0 fully saturated rings. The van der Waals surface area contributed by atoms with Gasteiger partial charge in [0.1, 0.15) is 6.07 Å². The van der Waals surface area contributed by atoms with Gasteiger partial charge in [-0.1, -0.05) is 13.8 Å². The third kappa shape index (κ3) is 2.93. The topological polar surface area (TPSA) is 52.8 Å². The molecule has 0 atom stereocenters. The van der Waals surface area contributed by atoms with Gasteiger partial charge in [0.25, 0.3) is 0 Å². The number of anilines is 1. The Morgan fingerprint density at radius 1 is 1.38 bits per heavy atom. The Bertz CT molecular complexity index is 379. The average Bonchev–Trinajstić information content (AvgIpc) is 2.25. The molecule has 0 bridgehead atoms. The van der Waals surface area contributed by atoms with E-state index in [-0.39, 0.29) is 0 Å². The molecule has 0 N–H and O–H groups in total. The van der Waals surface area contributed by atoms with E-state index in [4.69, 9.17) is 5.26 Å². The maximum absolute atomic E-state index is 9.04. The van der Waals surface area contributed by atoms with Crippen LogP contribution in [-0.4, -0.2) is 22.8 Å². The lowest BCUT2D eigenvalue weighted by molar-refractivity contribution is 0.563. The number of hydrogen-bond donors (Lipinski definition) is 0. The highest BCUT2D eigenvalue weighted by molar-refractivity contribution is 5.53. The van der Waals surface area contributed by atoms with Crippen LogP contribution in [-0.2, 0) is 0 Å². The van der Waals surface area contributed by atoms with Crippen molar-refractivity contribution in [2.45, 2.75) is 33.7 Å². The molecule has 1 aromatic heterocycles. The second kappa shape index (κ2) is 5.45. The number of hydrogen-bond acceptors (Lipinski definition) is 4. The predicted octanol–water partition coefficient (Wildman–Crippen LogP) is 2.22. The van der Waals surface area contributed by atoms with Gasteiger partial charge in [-0.3, -0.25) is 0 Å². The van der Waals surface area contributed by atoms with Crippen LogP contribution in [0.15, 0.2) is 12.3 Å². The molecule has 86 valence electrons. The van der Waals surface area contributed by atoms with Gasteiger partial charge >= 0.3 is 0 Å². The van der Waals surface area contributed by atoms with Gasteiger partial charge in [-0.05, 0) is 25.8 Å². The first-order valence-electron chi connectivity index (χ1n) is 5.54. The van der Waals surface area contributed by atoms with Crippen LogP contribution >= 0.6 is 0 Å². The summed E-state index contributed by atoms with van der Waals surface area (Å²) in [4.78, 5) is 2.12. The van der Waals surface area contributed by atoms with Crippen LogP contribution in [0.4, 0.5) is 5.82 Å². The summed E-state index contributed by atoms with van der Waals surface area (Å²) < 4.78 is 0. The van der Waals surface area contributed by atoms with E-state index in [2.05, 4.69) is 48.9 Å². The molecule has 0 aliphatic rings. The van der Waals surface area contributed by atoms with Gasteiger partial charge in [-0.2, -0.15) is 10.4 Å². The van der Waals surface area contributed by atoms with Gasteiger partial charge in [0.2, 0.25) is 0 Å². The molecule has 0 saturated heterocycles. The van der Waals surface area contributed by atoms with Gasteiger partial charge < -0.3 is 4.90 Å². The summed E-state index contributed by atoms with van der Waals surface area (Å²) in [6.07, 6.45) is 1.55. The summed E-state index contributed by atoms with van der Waals surface area (Å²) in [6.45, 7) is 9.37. The molecule has 0 amide bonds. The summed E-state index contributed by atoms with van der Waals surface area (Å²) in [7, 11) is 0. The van der Waals surface area contributed by atoms with Crippen molar-refractivity contribution in [3.05, 3.63) is 17.8 Å². The van der Waals surface area contributed by atoms with E-state index in [1.807, 2.05) is 0 Å². The van der Waals surface area contributed by atoms with Crippen molar-refractivity contribution in [3.8, 4) is 6.07 Å². The van der Waals surface area contributed by atoms with Gasteiger partial charge in [-0.25, -0.2) is 0 Å². The molecule has 0 unspecified atom stereocenters. The van der Waals surface area contributed by atoms with Crippen molar-refractivity contribution in [2.24, 2.45) is 5.92 Å². The predicted molar refractivity (Wildman–Crippen MR) is 64.1 cm³/mol. The molecular weight excluding hydrogens is 200 g/mol. The largest absolute Gasteiger partial charge is 0.351 e. The zero-order valence-corrected chi connectivity index (χ0v) is 10.3. The van der Waals surface area contributed by atoms with E-state index < -0.39 is 0 Å². The van der Waals surface area contributed by atoms with Crippen molar-refractivity contribution >= 4 is 5.82 Å². The first-order chi connectivity index (χ1) is 7.56. The van der Waals surface area contributed by atoms with Crippen molar-refractivity contribution in [3.63, 3.8) is 0 Å². The highest BCUT2D eigenvalue weighted by Crippen LogP contribution is 2.19. The Labute approximate surface area is 96.9 Å². The fourth-order valence-corrected chi connectivity index (χ4v) is 1.56. The monoisotopic (exact) mass is 218 g/mol. The fraction of sp³-hybridized carbons (Fsp3) is 0.583. The summed E-state index contributed by atoms with van der Waals surface area (Å²) in [5, 5.41) is 17.0. The Kier molecular flexibility index (Phi) is 4.24. The quantitative estimate of drug-likeness (QED) is 0.777. The minimum atomic E-state index is 0.311. The molecule has 0 saturated carbocycles. The Morgan fingerprint density at radius 3 is 2.56 bits per heavy atom. The number of nitriles is 1. The highest BCUT2D eigenvalue weighted by atomic mass is 15.3. The van der Waals surface area contributed by atoms with E-state index in [9.17, 15) is 0 Å². The summed E-state index contributed by atoms with van der Waals surface area (Å²) >= 11 is 0. The van der Waals surface area contributed by atoms with Crippen LogP contribution in [0.25, 0.3) is 0 Å². The van der Waals surface area contributed by atoms with Crippen LogP contribution < -0.4 is 4.90 Å². The molecule has 0 aliphatic heterocycles. The first-order valence-corrected chi connectivity index (χ1v) is 5.54. The van der Waals surface area contributed by atoms with Gasteiger partial charge in [0.15, 0.2) is 5.82 Å². The minimum absolute atomic E-state index is 0.311. The third-order valence-electron chi connectivity index (χ3n) is 2.28. The van der Waals surface area contributed by atoms with Crippen LogP contribution in [0.5, 0.6) is 0 Å². The molecule has 0 aliphatic carbocycles. The Hall–Kier alpha value is -1.63. The lowest BCUT2D eigenvalue weighted by Crippen LogP contribution is -2.35. The molecule has 0 aromatic carbocycles. The smallest absolute Gasteiger partial charge is 0.169 e.